The lowest BCUT2D eigenvalue weighted by Crippen LogP contribution is -2.13. The summed E-state index contributed by atoms with van der Waals surface area (Å²) in [5.41, 5.74) is 2.73. The fourth-order valence-electron chi connectivity index (χ4n) is 2.77. The number of carbonyl (C=O) groups excluding carboxylic acids is 1. The topological polar surface area (TPSA) is 94.1 Å². The van der Waals surface area contributed by atoms with Crippen molar-refractivity contribution < 1.29 is 13.7 Å². The second kappa shape index (κ2) is 7.47. The van der Waals surface area contributed by atoms with Gasteiger partial charge in [0.05, 0.1) is 16.8 Å². The van der Waals surface area contributed by atoms with Gasteiger partial charge < -0.3 is 14.3 Å². The highest BCUT2D eigenvalue weighted by atomic mass is 32.2. The minimum absolute atomic E-state index is 0.235. The number of nitrogens with zero attached hydrogens (tertiary/aromatic N) is 3. The van der Waals surface area contributed by atoms with Crippen LogP contribution in [0.4, 0.5) is 5.82 Å². The largest absolute Gasteiger partial charge is 0.443 e. The fourth-order valence-corrected chi connectivity index (χ4v) is 3.48. The number of thioether (sulfide) groups is 1. The molecule has 0 aliphatic carbocycles. The van der Waals surface area contributed by atoms with Crippen LogP contribution in [-0.4, -0.2) is 21.0 Å². The van der Waals surface area contributed by atoms with E-state index < -0.39 is 0 Å². The number of rotatable bonds is 5. The van der Waals surface area contributed by atoms with Crippen LogP contribution in [0.3, 0.4) is 0 Å². The van der Waals surface area contributed by atoms with Gasteiger partial charge in [-0.05, 0) is 32.9 Å². The molecule has 1 amide bonds. The number of aryl methyl sites for hydroxylation is 3. The first-order chi connectivity index (χ1) is 13.5. The maximum atomic E-state index is 12.6. The zero-order valence-corrected chi connectivity index (χ0v) is 16.5. The predicted molar refractivity (Wildman–Crippen MR) is 106 cm³/mol. The first-order valence-electron chi connectivity index (χ1n) is 8.70. The smallest absolute Gasteiger partial charge is 0.256 e. The summed E-state index contributed by atoms with van der Waals surface area (Å²) in [6.07, 6.45) is 0. The monoisotopic (exact) mass is 394 g/mol. The van der Waals surface area contributed by atoms with Gasteiger partial charge in [-0.25, -0.2) is 4.98 Å². The van der Waals surface area contributed by atoms with Gasteiger partial charge in [0.2, 0.25) is 5.71 Å². The minimum Gasteiger partial charge on any atom is -0.443 e. The van der Waals surface area contributed by atoms with E-state index in [0.717, 1.165) is 22.8 Å². The molecule has 4 rings (SSSR count). The number of nitrogens with one attached hydrogen (secondary N) is 1. The Balaban J connectivity index is 1.67. The molecule has 8 heteroatoms. The summed E-state index contributed by atoms with van der Waals surface area (Å²) >= 11 is 1.39. The summed E-state index contributed by atoms with van der Waals surface area (Å²) in [7, 11) is 0. The highest BCUT2D eigenvalue weighted by molar-refractivity contribution is 7.98. The molecule has 0 saturated carbocycles. The molecule has 142 valence electrons. The number of carbonyl (C=O) groups is 1. The average molecular weight is 394 g/mol. The van der Waals surface area contributed by atoms with Crippen LogP contribution in [0.2, 0.25) is 0 Å². The van der Waals surface area contributed by atoms with Crippen molar-refractivity contribution in [1.82, 2.24) is 15.1 Å². The number of fused-ring (bicyclic) bond motifs is 1. The number of hydrogen-bond acceptors (Lipinski definition) is 7. The van der Waals surface area contributed by atoms with Crippen LogP contribution in [0, 0.1) is 20.8 Å². The number of amides is 1. The van der Waals surface area contributed by atoms with Gasteiger partial charge in [-0.3, -0.25) is 4.79 Å². The Labute approximate surface area is 165 Å². The summed E-state index contributed by atoms with van der Waals surface area (Å²) in [6.45, 7) is 5.66. The first kappa shape index (κ1) is 18.2. The molecule has 0 aliphatic rings. The van der Waals surface area contributed by atoms with Crippen molar-refractivity contribution in [3.05, 3.63) is 64.7 Å². The van der Waals surface area contributed by atoms with Crippen LogP contribution in [0.1, 0.15) is 33.1 Å². The molecule has 1 N–H and O–H groups in total. The van der Waals surface area contributed by atoms with Crippen molar-refractivity contribution in [1.29, 1.82) is 0 Å². The van der Waals surface area contributed by atoms with Crippen LogP contribution >= 0.6 is 11.8 Å². The van der Waals surface area contributed by atoms with E-state index in [2.05, 4.69) is 20.4 Å². The van der Waals surface area contributed by atoms with Crippen molar-refractivity contribution in [2.45, 2.75) is 31.7 Å². The molecule has 4 aromatic rings. The van der Waals surface area contributed by atoms with E-state index in [1.807, 2.05) is 45.0 Å². The molecule has 3 aromatic heterocycles. The lowest BCUT2D eigenvalue weighted by Gasteiger charge is -2.08. The van der Waals surface area contributed by atoms with Crippen molar-refractivity contribution in [2.75, 3.05) is 5.32 Å². The van der Waals surface area contributed by atoms with Crippen molar-refractivity contribution >= 4 is 34.6 Å². The second-order valence-electron chi connectivity index (χ2n) is 6.36. The van der Waals surface area contributed by atoms with Crippen LogP contribution in [0.25, 0.3) is 11.1 Å². The molecule has 0 saturated heterocycles. The molecule has 0 fully saturated rings. The van der Waals surface area contributed by atoms with Crippen LogP contribution in [-0.2, 0) is 5.75 Å². The zero-order chi connectivity index (χ0) is 19.7. The molecule has 0 bridgehead atoms. The molecular formula is C20H18N4O3S. The third-order valence-corrected chi connectivity index (χ3v) is 5.17. The molecular weight excluding hydrogens is 376 g/mol. The summed E-state index contributed by atoms with van der Waals surface area (Å²) in [5.74, 6) is 2.20. The molecule has 1 aromatic carbocycles. The Morgan fingerprint density at radius 2 is 1.93 bits per heavy atom. The van der Waals surface area contributed by atoms with E-state index in [4.69, 9.17) is 8.94 Å². The van der Waals surface area contributed by atoms with E-state index in [1.165, 1.54) is 11.8 Å². The Hall–Kier alpha value is -3.13. The van der Waals surface area contributed by atoms with E-state index in [1.54, 1.807) is 12.1 Å². The Kier molecular flexibility index (Phi) is 4.87. The maximum Gasteiger partial charge on any atom is 0.256 e. The Bertz CT molecular complexity index is 1150. The van der Waals surface area contributed by atoms with E-state index >= 15 is 0 Å². The molecule has 0 radical (unpaired) electrons. The van der Waals surface area contributed by atoms with Crippen molar-refractivity contribution in [3.63, 3.8) is 0 Å². The number of anilines is 1. The highest BCUT2D eigenvalue weighted by Gasteiger charge is 2.19. The molecule has 0 atom stereocenters. The lowest BCUT2D eigenvalue weighted by atomic mass is 10.2. The zero-order valence-electron chi connectivity index (χ0n) is 15.6. The number of furan rings is 1. The van der Waals surface area contributed by atoms with Gasteiger partial charge in [-0.1, -0.05) is 35.1 Å². The molecule has 7 nitrogen and oxygen atoms in total. The fraction of sp³-hybridized carbons (Fsp3) is 0.200. The Morgan fingerprint density at radius 1 is 1.14 bits per heavy atom. The SMILES string of the molecule is Cc1cc(CSc2nc(NC(=O)c3ccccc3)c3c(C)c(C)oc3n2)on1. The van der Waals surface area contributed by atoms with E-state index in [9.17, 15) is 4.79 Å². The van der Waals surface area contributed by atoms with Crippen molar-refractivity contribution in [2.24, 2.45) is 0 Å². The van der Waals surface area contributed by atoms with E-state index in [0.29, 0.717) is 33.4 Å². The first-order valence-corrected chi connectivity index (χ1v) is 9.69. The van der Waals surface area contributed by atoms with Gasteiger partial charge >= 0.3 is 0 Å². The van der Waals surface area contributed by atoms with Crippen LogP contribution in [0.15, 0.2) is 50.5 Å². The van der Waals surface area contributed by atoms with Gasteiger partial charge in [-0.2, -0.15) is 4.98 Å². The van der Waals surface area contributed by atoms with Crippen LogP contribution < -0.4 is 5.32 Å². The summed E-state index contributed by atoms with van der Waals surface area (Å²) in [6, 6.07) is 10.9. The van der Waals surface area contributed by atoms with E-state index in [-0.39, 0.29) is 5.91 Å². The second-order valence-corrected chi connectivity index (χ2v) is 7.30. The number of benzene rings is 1. The van der Waals surface area contributed by atoms with Gasteiger partial charge in [0.25, 0.3) is 5.91 Å². The highest BCUT2D eigenvalue weighted by Crippen LogP contribution is 2.32. The number of hydrogen-bond donors (Lipinski definition) is 1. The summed E-state index contributed by atoms with van der Waals surface area (Å²) in [5, 5.41) is 7.97. The van der Waals surface area contributed by atoms with Gasteiger partial charge in [0.1, 0.15) is 17.3 Å². The average Bonchev–Trinajstić information content (AvgIpc) is 3.23. The Morgan fingerprint density at radius 3 is 2.64 bits per heavy atom. The summed E-state index contributed by atoms with van der Waals surface area (Å²) < 4.78 is 11.0. The van der Waals surface area contributed by atoms with Crippen molar-refractivity contribution in [3.8, 4) is 0 Å². The number of aromatic nitrogens is 3. The summed E-state index contributed by atoms with van der Waals surface area (Å²) in [4.78, 5) is 21.7. The van der Waals surface area contributed by atoms with Gasteiger partial charge in [0.15, 0.2) is 5.16 Å². The lowest BCUT2D eigenvalue weighted by molar-refractivity contribution is 0.102. The quantitative estimate of drug-likeness (QED) is 0.388. The van der Waals surface area contributed by atoms with Crippen LogP contribution in [0.5, 0.6) is 0 Å². The normalized spacial score (nSPS) is 11.1. The molecule has 0 aliphatic heterocycles. The maximum absolute atomic E-state index is 12.6. The third kappa shape index (κ3) is 3.63. The predicted octanol–water partition coefficient (Wildman–Crippen LogP) is 4.68. The molecule has 0 unspecified atom stereocenters. The molecule has 3 heterocycles. The molecule has 28 heavy (non-hydrogen) atoms. The van der Waals surface area contributed by atoms with Gasteiger partial charge in [0, 0.05) is 17.2 Å². The standard InChI is InChI=1S/C20H18N4O3S/c1-11-9-15(27-24-11)10-28-20-22-17(16-12(2)13(3)26-19(16)23-20)21-18(25)14-7-5-4-6-8-14/h4-9H,10H2,1-3H3,(H,21,22,23,25). The van der Waals surface area contributed by atoms with Gasteiger partial charge in [-0.15, -0.1) is 0 Å². The molecule has 0 spiro atoms. The minimum atomic E-state index is -0.235. The third-order valence-electron chi connectivity index (χ3n) is 4.30.